The molecule has 2 aromatic rings. The molecule has 4 nitrogen and oxygen atoms in total. The zero-order chi connectivity index (χ0) is 15.5. The minimum absolute atomic E-state index is 0.144. The van der Waals surface area contributed by atoms with Crippen LogP contribution in [-0.4, -0.2) is 20.4 Å². The van der Waals surface area contributed by atoms with Crippen LogP contribution in [0.1, 0.15) is 11.1 Å². The normalized spacial score (nSPS) is 13.0. The van der Waals surface area contributed by atoms with Gasteiger partial charge in [0, 0.05) is 34.7 Å². The predicted octanol–water partition coefficient (Wildman–Crippen LogP) is 2.84. The molecule has 1 atom stereocenters. The molecular formula is C13H12F3N3OS. The molecule has 0 fully saturated rings. The van der Waals surface area contributed by atoms with Crippen molar-refractivity contribution >= 4 is 16.6 Å². The number of nitrogens with one attached hydrogen (secondary N) is 1. The Morgan fingerprint density at radius 1 is 1.33 bits per heavy atom. The highest BCUT2D eigenvalue weighted by atomic mass is 32.2. The fourth-order valence-corrected chi connectivity index (χ4v) is 2.29. The van der Waals surface area contributed by atoms with Crippen LogP contribution in [0.25, 0.3) is 0 Å². The first-order valence-electron chi connectivity index (χ1n) is 5.91. The topological polar surface area (TPSA) is 54.9 Å². The molecule has 0 saturated heterocycles. The number of benzene rings is 1. The highest BCUT2D eigenvalue weighted by Crippen LogP contribution is 2.32. The summed E-state index contributed by atoms with van der Waals surface area (Å²) in [6, 6.07) is 6.82. The highest BCUT2D eigenvalue weighted by molar-refractivity contribution is 7.84. The molecule has 0 bridgehead atoms. The van der Waals surface area contributed by atoms with Crippen molar-refractivity contribution in [3.05, 3.63) is 47.9 Å². The Labute approximate surface area is 121 Å². The van der Waals surface area contributed by atoms with Crippen LogP contribution in [0, 0.1) is 0 Å². The van der Waals surface area contributed by atoms with Crippen LogP contribution in [0.15, 0.2) is 41.7 Å². The summed E-state index contributed by atoms with van der Waals surface area (Å²) in [5, 5.41) is 2.63. The van der Waals surface area contributed by atoms with Gasteiger partial charge in [-0.2, -0.15) is 13.2 Å². The van der Waals surface area contributed by atoms with Crippen LogP contribution < -0.4 is 5.32 Å². The van der Waals surface area contributed by atoms with E-state index < -0.39 is 22.5 Å². The van der Waals surface area contributed by atoms with Crippen LogP contribution in [-0.2, 0) is 23.5 Å². The van der Waals surface area contributed by atoms with Crippen LogP contribution in [0.5, 0.6) is 0 Å². The number of halogens is 3. The quantitative estimate of drug-likeness (QED) is 0.942. The molecule has 0 aliphatic carbocycles. The first-order chi connectivity index (χ1) is 9.88. The molecule has 0 aliphatic rings. The lowest BCUT2D eigenvalue weighted by atomic mass is 10.2. The van der Waals surface area contributed by atoms with Crippen LogP contribution >= 0.6 is 0 Å². The first-order valence-corrected chi connectivity index (χ1v) is 7.47. The molecule has 21 heavy (non-hydrogen) atoms. The molecule has 8 heteroatoms. The summed E-state index contributed by atoms with van der Waals surface area (Å²) < 4.78 is 49.7. The van der Waals surface area contributed by atoms with Crippen molar-refractivity contribution < 1.29 is 17.4 Å². The fourth-order valence-electron chi connectivity index (χ4n) is 1.70. The molecule has 0 aliphatic heterocycles. The van der Waals surface area contributed by atoms with E-state index >= 15 is 0 Å². The van der Waals surface area contributed by atoms with E-state index in [2.05, 4.69) is 15.3 Å². The minimum atomic E-state index is -4.52. The second-order valence-corrected chi connectivity index (χ2v) is 5.62. The molecule has 1 unspecified atom stereocenters. The summed E-state index contributed by atoms with van der Waals surface area (Å²) in [4.78, 5) is 7.63. The molecule has 1 heterocycles. The third kappa shape index (κ3) is 4.01. The second kappa shape index (κ2) is 6.21. The molecule has 1 N–H and O–H groups in total. The van der Waals surface area contributed by atoms with Gasteiger partial charge in [-0.15, -0.1) is 0 Å². The third-order valence-electron chi connectivity index (χ3n) is 2.71. The Morgan fingerprint density at radius 3 is 2.76 bits per heavy atom. The monoisotopic (exact) mass is 315 g/mol. The summed E-state index contributed by atoms with van der Waals surface area (Å²) in [5.74, 6) is -0.277. The van der Waals surface area contributed by atoms with Gasteiger partial charge in [-0.1, -0.05) is 12.1 Å². The molecule has 0 saturated carbocycles. The number of hydrogen-bond acceptors (Lipinski definition) is 4. The van der Waals surface area contributed by atoms with Crippen LogP contribution in [0.4, 0.5) is 19.0 Å². The number of aromatic nitrogens is 2. The van der Waals surface area contributed by atoms with E-state index in [1.165, 1.54) is 0 Å². The first kappa shape index (κ1) is 15.4. The minimum Gasteiger partial charge on any atom is -0.365 e. The van der Waals surface area contributed by atoms with Crippen molar-refractivity contribution in [2.75, 3.05) is 11.6 Å². The van der Waals surface area contributed by atoms with Gasteiger partial charge in [0.2, 0.25) is 0 Å². The average molecular weight is 315 g/mol. The van der Waals surface area contributed by atoms with Crippen molar-refractivity contribution in [3.63, 3.8) is 0 Å². The van der Waals surface area contributed by atoms with Crippen molar-refractivity contribution in [1.82, 2.24) is 9.97 Å². The van der Waals surface area contributed by atoms with E-state index in [1.807, 2.05) is 0 Å². The average Bonchev–Trinajstić information content (AvgIpc) is 2.45. The standard InChI is InChI=1S/C13H12F3N3OS/c1-21(20)10-4-2-3-9(5-10)6-18-12-11(13(14,15)16)7-17-8-19-12/h2-5,7-8H,6H2,1H3,(H,17,18,19). The maximum Gasteiger partial charge on any atom is 0.421 e. The lowest BCUT2D eigenvalue weighted by Gasteiger charge is -2.12. The zero-order valence-electron chi connectivity index (χ0n) is 11.0. The maximum atomic E-state index is 12.8. The fraction of sp³-hybridized carbons (Fsp3) is 0.231. The molecule has 1 aromatic carbocycles. The van der Waals surface area contributed by atoms with Gasteiger partial charge in [0.05, 0.1) is 0 Å². The van der Waals surface area contributed by atoms with Gasteiger partial charge in [0.25, 0.3) is 0 Å². The Bertz CT molecular complexity index is 661. The number of rotatable bonds is 4. The van der Waals surface area contributed by atoms with E-state index in [1.54, 1.807) is 30.5 Å². The van der Waals surface area contributed by atoms with E-state index in [9.17, 15) is 17.4 Å². The van der Waals surface area contributed by atoms with Gasteiger partial charge in [-0.3, -0.25) is 4.21 Å². The molecule has 1 aromatic heterocycles. The summed E-state index contributed by atoms with van der Waals surface area (Å²) in [6.45, 7) is 0.144. The summed E-state index contributed by atoms with van der Waals surface area (Å²) in [6.07, 6.45) is -1.20. The number of anilines is 1. The van der Waals surface area contributed by atoms with Crippen LogP contribution in [0.3, 0.4) is 0 Å². The number of alkyl halides is 3. The lowest BCUT2D eigenvalue weighted by Crippen LogP contribution is -2.13. The predicted molar refractivity (Wildman–Crippen MR) is 73.1 cm³/mol. The van der Waals surface area contributed by atoms with Gasteiger partial charge < -0.3 is 5.32 Å². The third-order valence-corrected chi connectivity index (χ3v) is 3.63. The summed E-state index contributed by atoms with van der Waals surface area (Å²) >= 11 is 0. The smallest absolute Gasteiger partial charge is 0.365 e. The van der Waals surface area contributed by atoms with E-state index in [0.29, 0.717) is 4.90 Å². The SMILES string of the molecule is CS(=O)c1cccc(CNc2ncncc2C(F)(F)F)c1. The Kier molecular flexibility index (Phi) is 4.56. The Balaban J connectivity index is 2.17. The van der Waals surface area contributed by atoms with Crippen molar-refractivity contribution in [3.8, 4) is 0 Å². The molecule has 0 spiro atoms. The van der Waals surface area contributed by atoms with Crippen molar-refractivity contribution in [1.29, 1.82) is 0 Å². The van der Waals surface area contributed by atoms with Gasteiger partial charge in [0.1, 0.15) is 17.7 Å². The van der Waals surface area contributed by atoms with E-state index in [-0.39, 0.29) is 12.4 Å². The molecule has 0 radical (unpaired) electrons. The molecule has 2 rings (SSSR count). The van der Waals surface area contributed by atoms with Gasteiger partial charge in [-0.25, -0.2) is 9.97 Å². The number of hydrogen-bond donors (Lipinski definition) is 1. The molecule has 112 valence electrons. The van der Waals surface area contributed by atoms with E-state index in [0.717, 1.165) is 18.1 Å². The zero-order valence-corrected chi connectivity index (χ0v) is 11.8. The second-order valence-electron chi connectivity index (χ2n) is 4.24. The van der Waals surface area contributed by atoms with Gasteiger partial charge >= 0.3 is 6.18 Å². The summed E-state index contributed by atoms with van der Waals surface area (Å²) in [5.41, 5.74) is -0.199. The van der Waals surface area contributed by atoms with Crippen LogP contribution in [0.2, 0.25) is 0 Å². The van der Waals surface area contributed by atoms with Gasteiger partial charge in [0.15, 0.2) is 0 Å². The molecule has 0 amide bonds. The van der Waals surface area contributed by atoms with Crippen molar-refractivity contribution in [2.45, 2.75) is 17.6 Å². The highest BCUT2D eigenvalue weighted by Gasteiger charge is 2.34. The molecular weight excluding hydrogens is 303 g/mol. The Hall–Kier alpha value is -1.96. The van der Waals surface area contributed by atoms with Gasteiger partial charge in [-0.05, 0) is 17.7 Å². The largest absolute Gasteiger partial charge is 0.421 e. The van der Waals surface area contributed by atoms with E-state index in [4.69, 9.17) is 0 Å². The number of nitrogens with zero attached hydrogens (tertiary/aromatic N) is 2. The maximum absolute atomic E-state index is 12.8. The lowest BCUT2D eigenvalue weighted by molar-refractivity contribution is -0.137. The summed E-state index contributed by atoms with van der Waals surface area (Å²) in [7, 11) is -1.14. The Morgan fingerprint density at radius 2 is 2.10 bits per heavy atom. The van der Waals surface area contributed by atoms with Crippen molar-refractivity contribution in [2.24, 2.45) is 0 Å².